The van der Waals surface area contributed by atoms with Crippen LogP contribution in [0.4, 0.5) is 11.4 Å². The number of carbonyl (C=O) groups is 1. The van der Waals surface area contributed by atoms with E-state index >= 15 is 0 Å². The zero-order valence-electron chi connectivity index (χ0n) is 9.69. The molecule has 0 atom stereocenters. The van der Waals surface area contributed by atoms with Gasteiger partial charge in [0.05, 0.1) is 31.1 Å². The Morgan fingerprint density at radius 2 is 2.18 bits per heavy atom. The minimum Gasteiger partial charge on any atom is -0.378 e. The molecule has 0 unspecified atom stereocenters. The van der Waals surface area contributed by atoms with E-state index in [1.54, 1.807) is 0 Å². The van der Waals surface area contributed by atoms with Crippen LogP contribution < -0.4 is 16.0 Å². The Morgan fingerprint density at radius 1 is 1.35 bits per heavy atom. The highest BCUT2D eigenvalue weighted by molar-refractivity contribution is 6.01. The standard InChI is InChI=1S/C12H17N3O2/c13-5-7-17-8-6-15-9-12(16)14-10-3-1-2-4-11(10)15/h1-4H,5-9,13H2,(H,14,16). The second-order valence-corrected chi connectivity index (χ2v) is 3.89. The van der Waals surface area contributed by atoms with Crippen molar-refractivity contribution in [2.24, 2.45) is 5.73 Å². The van der Waals surface area contributed by atoms with E-state index in [1.807, 2.05) is 29.2 Å². The summed E-state index contributed by atoms with van der Waals surface area (Å²) in [5.74, 6) is 0.0162. The van der Waals surface area contributed by atoms with Gasteiger partial charge in [0.25, 0.3) is 0 Å². The third-order valence-corrected chi connectivity index (χ3v) is 2.62. The lowest BCUT2D eigenvalue weighted by Crippen LogP contribution is -2.40. The molecule has 1 heterocycles. The number of hydrogen-bond acceptors (Lipinski definition) is 4. The number of rotatable bonds is 5. The Labute approximate surface area is 101 Å². The van der Waals surface area contributed by atoms with Crippen LogP contribution in [0.5, 0.6) is 0 Å². The summed E-state index contributed by atoms with van der Waals surface area (Å²) < 4.78 is 5.34. The second-order valence-electron chi connectivity index (χ2n) is 3.89. The van der Waals surface area contributed by atoms with Gasteiger partial charge in [-0.05, 0) is 12.1 Å². The van der Waals surface area contributed by atoms with E-state index in [1.165, 1.54) is 0 Å². The Bertz CT molecular complexity index is 395. The fraction of sp³-hybridized carbons (Fsp3) is 0.417. The number of anilines is 2. The molecule has 17 heavy (non-hydrogen) atoms. The molecule has 0 saturated carbocycles. The van der Waals surface area contributed by atoms with Crippen LogP contribution in [0, 0.1) is 0 Å². The number of nitrogens with one attached hydrogen (secondary N) is 1. The molecule has 1 amide bonds. The first-order chi connectivity index (χ1) is 8.31. The minimum atomic E-state index is 0.0162. The van der Waals surface area contributed by atoms with Gasteiger partial charge in [0.15, 0.2) is 0 Å². The zero-order valence-corrected chi connectivity index (χ0v) is 9.69. The number of ether oxygens (including phenoxy) is 1. The van der Waals surface area contributed by atoms with E-state index in [0.717, 1.165) is 11.4 Å². The average molecular weight is 235 g/mol. The number of nitrogens with two attached hydrogens (primary N) is 1. The third-order valence-electron chi connectivity index (χ3n) is 2.62. The van der Waals surface area contributed by atoms with Crippen molar-refractivity contribution in [3.8, 4) is 0 Å². The highest BCUT2D eigenvalue weighted by atomic mass is 16.5. The summed E-state index contributed by atoms with van der Waals surface area (Å²) in [6, 6.07) is 7.77. The van der Waals surface area contributed by atoms with Crippen LogP contribution in [0.15, 0.2) is 24.3 Å². The Morgan fingerprint density at radius 3 is 3.00 bits per heavy atom. The van der Waals surface area contributed by atoms with Crippen molar-refractivity contribution in [2.45, 2.75) is 0 Å². The fourth-order valence-electron chi connectivity index (χ4n) is 1.86. The highest BCUT2D eigenvalue weighted by Crippen LogP contribution is 2.28. The first-order valence-electron chi connectivity index (χ1n) is 5.73. The molecule has 1 aromatic carbocycles. The van der Waals surface area contributed by atoms with Crippen LogP contribution in [0.25, 0.3) is 0 Å². The first kappa shape index (κ1) is 11.9. The maximum atomic E-state index is 11.5. The average Bonchev–Trinajstić information content (AvgIpc) is 2.34. The molecule has 5 heteroatoms. The molecule has 1 aliphatic heterocycles. The van der Waals surface area contributed by atoms with Crippen LogP contribution in [-0.4, -0.2) is 38.8 Å². The monoisotopic (exact) mass is 235 g/mol. The molecule has 5 nitrogen and oxygen atoms in total. The summed E-state index contributed by atoms with van der Waals surface area (Å²) in [7, 11) is 0. The van der Waals surface area contributed by atoms with Crippen LogP contribution in [0.3, 0.4) is 0 Å². The molecular weight excluding hydrogens is 218 g/mol. The van der Waals surface area contributed by atoms with E-state index in [9.17, 15) is 4.79 Å². The number of carbonyl (C=O) groups excluding carboxylic acids is 1. The number of benzene rings is 1. The summed E-state index contributed by atoms with van der Waals surface area (Å²) in [5, 5.41) is 2.85. The summed E-state index contributed by atoms with van der Waals surface area (Å²) in [4.78, 5) is 13.5. The van der Waals surface area contributed by atoms with Crippen molar-refractivity contribution in [3.63, 3.8) is 0 Å². The quantitative estimate of drug-likeness (QED) is 0.726. The molecule has 0 radical (unpaired) electrons. The molecular formula is C12H17N3O2. The van der Waals surface area contributed by atoms with E-state index in [4.69, 9.17) is 10.5 Å². The summed E-state index contributed by atoms with van der Waals surface area (Å²) in [6.45, 7) is 2.74. The van der Waals surface area contributed by atoms with Gasteiger partial charge in [-0.25, -0.2) is 0 Å². The summed E-state index contributed by atoms with van der Waals surface area (Å²) >= 11 is 0. The molecule has 0 aliphatic carbocycles. The lowest BCUT2D eigenvalue weighted by Gasteiger charge is -2.30. The van der Waals surface area contributed by atoms with Crippen LogP contribution in [0.2, 0.25) is 0 Å². The lowest BCUT2D eigenvalue weighted by molar-refractivity contribution is -0.115. The maximum absolute atomic E-state index is 11.5. The molecule has 92 valence electrons. The largest absolute Gasteiger partial charge is 0.378 e. The topological polar surface area (TPSA) is 67.6 Å². The van der Waals surface area contributed by atoms with Gasteiger partial charge in [0.1, 0.15) is 0 Å². The van der Waals surface area contributed by atoms with Crippen molar-refractivity contribution in [2.75, 3.05) is 43.1 Å². The SMILES string of the molecule is NCCOCCN1CC(=O)Nc2ccccc21. The van der Waals surface area contributed by atoms with Gasteiger partial charge in [-0.15, -0.1) is 0 Å². The molecule has 0 aromatic heterocycles. The van der Waals surface area contributed by atoms with Crippen LogP contribution >= 0.6 is 0 Å². The van der Waals surface area contributed by atoms with Gasteiger partial charge in [-0.1, -0.05) is 12.1 Å². The Kier molecular flexibility index (Phi) is 3.95. The smallest absolute Gasteiger partial charge is 0.243 e. The lowest BCUT2D eigenvalue weighted by atomic mass is 10.2. The normalized spacial score (nSPS) is 14.4. The van der Waals surface area contributed by atoms with Crippen LogP contribution in [-0.2, 0) is 9.53 Å². The molecule has 0 bridgehead atoms. The zero-order chi connectivity index (χ0) is 12.1. The van der Waals surface area contributed by atoms with E-state index in [-0.39, 0.29) is 5.91 Å². The predicted octanol–water partition coefficient (Wildman–Crippen LogP) is 0.420. The van der Waals surface area contributed by atoms with Gasteiger partial charge in [0.2, 0.25) is 5.91 Å². The highest BCUT2D eigenvalue weighted by Gasteiger charge is 2.20. The number of amides is 1. The Hall–Kier alpha value is -1.59. The van der Waals surface area contributed by atoms with Gasteiger partial charge < -0.3 is 20.7 Å². The second kappa shape index (κ2) is 5.65. The van der Waals surface area contributed by atoms with E-state index < -0.39 is 0 Å². The summed E-state index contributed by atoms with van der Waals surface area (Å²) in [6.07, 6.45) is 0. The van der Waals surface area contributed by atoms with Gasteiger partial charge >= 0.3 is 0 Å². The number of hydrogen-bond donors (Lipinski definition) is 2. The molecule has 1 aliphatic rings. The molecule has 1 aromatic rings. The van der Waals surface area contributed by atoms with E-state index in [0.29, 0.717) is 32.8 Å². The van der Waals surface area contributed by atoms with Crippen molar-refractivity contribution in [1.82, 2.24) is 0 Å². The first-order valence-corrected chi connectivity index (χ1v) is 5.73. The molecule has 0 spiro atoms. The number of para-hydroxylation sites is 2. The number of nitrogens with zero attached hydrogens (tertiary/aromatic N) is 1. The molecule has 0 saturated heterocycles. The molecule has 0 fully saturated rings. The predicted molar refractivity (Wildman–Crippen MR) is 67.2 cm³/mol. The Balaban J connectivity index is 2.00. The van der Waals surface area contributed by atoms with Crippen molar-refractivity contribution >= 4 is 17.3 Å². The molecule has 3 N–H and O–H groups in total. The maximum Gasteiger partial charge on any atom is 0.243 e. The van der Waals surface area contributed by atoms with E-state index in [2.05, 4.69) is 5.32 Å². The molecule has 2 rings (SSSR count). The summed E-state index contributed by atoms with van der Waals surface area (Å²) in [5.41, 5.74) is 7.25. The van der Waals surface area contributed by atoms with Crippen LogP contribution in [0.1, 0.15) is 0 Å². The van der Waals surface area contributed by atoms with Crippen molar-refractivity contribution in [1.29, 1.82) is 0 Å². The van der Waals surface area contributed by atoms with Crippen molar-refractivity contribution in [3.05, 3.63) is 24.3 Å². The van der Waals surface area contributed by atoms with Gasteiger partial charge in [-0.2, -0.15) is 0 Å². The van der Waals surface area contributed by atoms with Gasteiger partial charge in [0, 0.05) is 13.1 Å². The third kappa shape index (κ3) is 2.95. The minimum absolute atomic E-state index is 0.0162. The number of fused-ring (bicyclic) bond motifs is 1. The fourth-order valence-corrected chi connectivity index (χ4v) is 1.86. The van der Waals surface area contributed by atoms with Crippen molar-refractivity contribution < 1.29 is 9.53 Å². The van der Waals surface area contributed by atoms with Gasteiger partial charge in [-0.3, -0.25) is 4.79 Å².